The van der Waals surface area contributed by atoms with Crippen molar-refractivity contribution in [3.05, 3.63) is 35.5 Å². The van der Waals surface area contributed by atoms with Crippen LogP contribution in [0, 0.1) is 6.92 Å². The summed E-state index contributed by atoms with van der Waals surface area (Å²) in [5.74, 6) is -0.122. The van der Waals surface area contributed by atoms with Gasteiger partial charge in [0.25, 0.3) is 5.22 Å². The highest BCUT2D eigenvalue weighted by Gasteiger charge is 2.16. The fourth-order valence-corrected chi connectivity index (χ4v) is 2.03. The first-order valence-electron chi connectivity index (χ1n) is 5.75. The molecule has 0 spiro atoms. The zero-order valence-corrected chi connectivity index (χ0v) is 11.4. The molecule has 0 aliphatic rings. The number of rotatable bonds is 5. The van der Waals surface area contributed by atoms with Crippen LogP contribution in [0.15, 0.2) is 27.8 Å². The van der Waals surface area contributed by atoms with Crippen LogP contribution in [-0.2, 0) is 10.5 Å². The van der Waals surface area contributed by atoms with Gasteiger partial charge in [0.15, 0.2) is 0 Å². The topological polar surface area (TPSA) is 78.1 Å². The summed E-state index contributed by atoms with van der Waals surface area (Å²) in [5, 5.41) is 7.73. The first-order chi connectivity index (χ1) is 9.19. The second-order valence-corrected chi connectivity index (χ2v) is 4.58. The van der Waals surface area contributed by atoms with E-state index in [0.717, 1.165) is 11.4 Å². The van der Waals surface area contributed by atoms with Gasteiger partial charge >= 0.3 is 11.9 Å². The molecule has 19 heavy (non-hydrogen) atoms. The minimum atomic E-state index is -0.601. The van der Waals surface area contributed by atoms with Crippen molar-refractivity contribution >= 4 is 17.7 Å². The molecule has 7 heteroatoms. The highest BCUT2D eigenvalue weighted by atomic mass is 32.2. The summed E-state index contributed by atoms with van der Waals surface area (Å²) in [5.41, 5.74) is 1.87. The van der Waals surface area contributed by atoms with Crippen LogP contribution in [0.1, 0.15) is 29.0 Å². The average Bonchev–Trinajstić information content (AvgIpc) is 2.86. The number of esters is 1. The van der Waals surface area contributed by atoms with E-state index in [2.05, 4.69) is 15.2 Å². The van der Waals surface area contributed by atoms with Crippen LogP contribution < -0.4 is 0 Å². The molecule has 0 amide bonds. The Hall–Kier alpha value is -1.89. The lowest BCUT2D eigenvalue weighted by molar-refractivity contribution is 0.0475. The number of ether oxygens (including phenoxy) is 1. The van der Waals surface area contributed by atoms with E-state index in [-0.39, 0.29) is 12.5 Å². The summed E-state index contributed by atoms with van der Waals surface area (Å²) in [6.07, 6.45) is 0. The molecule has 0 N–H and O–H groups in total. The van der Waals surface area contributed by atoms with Gasteiger partial charge in [0, 0.05) is 11.4 Å². The summed E-state index contributed by atoms with van der Waals surface area (Å²) in [6.45, 7) is 3.92. The van der Waals surface area contributed by atoms with Crippen molar-refractivity contribution in [3.63, 3.8) is 0 Å². The minimum absolute atomic E-state index is 0.124. The second kappa shape index (κ2) is 6.33. The third-order valence-electron chi connectivity index (χ3n) is 2.15. The van der Waals surface area contributed by atoms with E-state index < -0.39 is 5.97 Å². The van der Waals surface area contributed by atoms with Gasteiger partial charge < -0.3 is 9.15 Å². The molecule has 0 saturated heterocycles. The Morgan fingerprint density at radius 1 is 1.42 bits per heavy atom. The average molecular weight is 279 g/mol. The molecule has 0 aliphatic carbocycles. The van der Waals surface area contributed by atoms with Crippen molar-refractivity contribution in [2.75, 3.05) is 6.61 Å². The predicted molar refractivity (Wildman–Crippen MR) is 68.8 cm³/mol. The maximum Gasteiger partial charge on any atom is 0.396 e. The molecule has 2 aromatic rings. The largest absolute Gasteiger partial charge is 0.459 e. The number of carbonyl (C=O) groups excluding carboxylic acids is 1. The SMILES string of the molecule is CCOC(=O)c1nnc(SCc2cccc(C)n2)o1. The maximum atomic E-state index is 11.3. The molecule has 0 aromatic carbocycles. The number of hydrogen-bond acceptors (Lipinski definition) is 7. The van der Waals surface area contributed by atoms with Gasteiger partial charge in [0.05, 0.1) is 12.3 Å². The monoisotopic (exact) mass is 279 g/mol. The molecule has 2 aromatic heterocycles. The highest BCUT2D eigenvalue weighted by molar-refractivity contribution is 7.98. The molecular weight excluding hydrogens is 266 g/mol. The van der Waals surface area contributed by atoms with Crippen LogP contribution in [0.2, 0.25) is 0 Å². The van der Waals surface area contributed by atoms with Crippen molar-refractivity contribution in [2.24, 2.45) is 0 Å². The number of thioether (sulfide) groups is 1. The Morgan fingerprint density at radius 3 is 3.00 bits per heavy atom. The summed E-state index contributed by atoms with van der Waals surface area (Å²) in [4.78, 5) is 15.7. The second-order valence-electron chi connectivity index (χ2n) is 3.65. The normalized spacial score (nSPS) is 10.4. The Kier molecular flexibility index (Phi) is 4.51. The molecule has 0 unspecified atom stereocenters. The third-order valence-corrected chi connectivity index (χ3v) is 3.00. The Morgan fingerprint density at radius 2 is 2.26 bits per heavy atom. The van der Waals surface area contributed by atoms with Crippen LogP contribution in [0.5, 0.6) is 0 Å². The highest BCUT2D eigenvalue weighted by Crippen LogP contribution is 2.20. The van der Waals surface area contributed by atoms with Gasteiger partial charge in [-0.15, -0.1) is 5.10 Å². The smallest absolute Gasteiger partial charge is 0.396 e. The molecule has 0 aliphatic heterocycles. The predicted octanol–water partition coefficient (Wildman–Crippen LogP) is 2.24. The Bertz CT molecular complexity index is 571. The number of carbonyl (C=O) groups is 1. The van der Waals surface area contributed by atoms with E-state index >= 15 is 0 Å². The number of hydrogen-bond donors (Lipinski definition) is 0. The quantitative estimate of drug-likeness (QED) is 0.613. The van der Waals surface area contributed by atoms with Crippen LogP contribution in [-0.4, -0.2) is 27.8 Å². The lowest BCUT2D eigenvalue weighted by Gasteiger charge is -1.98. The van der Waals surface area contributed by atoms with Gasteiger partial charge in [-0.1, -0.05) is 22.9 Å². The van der Waals surface area contributed by atoms with Crippen LogP contribution in [0.3, 0.4) is 0 Å². The van der Waals surface area contributed by atoms with Crippen molar-refractivity contribution < 1.29 is 13.9 Å². The molecule has 2 heterocycles. The Balaban J connectivity index is 1.95. The number of nitrogens with zero attached hydrogens (tertiary/aromatic N) is 3. The molecule has 100 valence electrons. The maximum absolute atomic E-state index is 11.3. The Labute approximate surface area is 114 Å². The molecule has 0 saturated carbocycles. The van der Waals surface area contributed by atoms with Gasteiger partial charge in [-0.3, -0.25) is 4.98 Å². The fourth-order valence-electron chi connectivity index (χ4n) is 1.36. The van der Waals surface area contributed by atoms with Crippen LogP contribution in [0.4, 0.5) is 0 Å². The first-order valence-corrected chi connectivity index (χ1v) is 6.73. The van der Waals surface area contributed by atoms with E-state index in [1.54, 1.807) is 6.92 Å². The minimum Gasteiger partial charge on any atom is -0.459 e. The lowest BCUT2D eigenvalue weighted by Crippen LogP contribution is -2.04. The molecule has 0 bridgehead atoms. The van der Waals surface area contributed by atoms with Gasteiger partial charge in [-0.2, -0.15) is 0 Å². The molecule has 2 rings (SSSR count). The van der Waals surface area contributed by atoms with Gasteiger partial charge in [-0.05, 0) is 26.0 Å². The summed E-state index contributed by atoms with van der Waals surface area (Å²) >= 11 is 1.33. The van der Waals surface area contributed by atoms with E-state index in [0.29, 0.717) is 11.0 Å². The van der Waals surface area contributed by atoms with Crippen LogP contribution >= 0.6 is 11.8 Å². The number of aromatic nitrogens is 3. The van der Waals surface area contributed by atoms with Crippen molar-refractivity contribution in [3.8, 4) is 0 Å². The van der Waals surface area contributed by atoms with E-state index in [1.807, 2.05) is 25.1 Å². The molecular formula is C12H13N3O3S. The van der Waals surface area contributed by atoms with Crippen molar-refractivity contribution in [2.45, 2.75) is 24.8 Å². The lowest BCUT2D eigenvalue weighted by atomic mass is 10.3. The zero-order chi connectivity index (χ0) is 13.7. The molecule has 0 radical (unpaired) electrons. The van der Waals surface area contributed by atoms with E-state index in [4.69, 9.17) is 9.15 Å². The van der Waals surface area contributed by atoms with Crippen molar-refractivity contribution in [1.29, 1.82) is 0 Å². The van der Waals surface area contributed by atoms with E-state index in [9.17, 15) is 4.79 Å². The zero-order valence-electron chi connectivity index (χ0n) is 10.6. The van der Waals surface area contributed by atoms with Gasteiger partial charge in [0.1, 0.15) is 0 Å². The van der Waals surface area contributed by atoms with E-state index in [1.165, 1.54) is 11.8 Å². The van der Waals surface area contributed by atoms with Crippen molar-refractivity contribution in [1.82, 2.24) is 15.2 Å². The molecule has 0 fully saturated rings. The first kappa shape index (κ1) is 13.5. The molecule has 6 nitrogen and oxygen atoms in total. The standard InChI is InChI=1S/C12H13N3O3S/c1-3-17-11(16)10-14-15-12(18-10)19-7-9-6-4-5-8(2)13-9/h4-6H,3,7H2,1-2H3. The molecule has 0 atom stereocenters. The van der Waals surface area contributed by atoms with Gasteiger partial charge in [-0.25, -0.2) is 4.79 Å². The fraction of sp³-hybridized carbons (Fsp3) is 0.333. The summed E-state index contributed by atoms with van der Waals surface area (Å²) in [7, 11) is 0. The number of aryl methyl sites for hydroxylation is 1. The van der Waals surface area contributed by atoms with Crippen LogP contribution in [0.25, 0.3) is 0 Å². The number of pyridine rings is 1. The van der Waals surface area contributed by atoms with Gasteiger partial charge in [0.2, 0.25) is 0 Å². The third kappa shape index (κ3) is 3.78. The summed E-state index contributed by atoms with van der Waals surface area (Å²) < 4.78 is 9.95. The summed E-state index contributed by atoms with van der Waals surface area (Å²) in [6, 6.07) is 5.79.